The van der Waals surface area contributed by atoms with Crippen molar-refractivity contribution in [3.05, 3.63) is 55.7 Å². The molecule has 0 atom stereocenters. The number of pyridine rings is 1. The zero-order valence-corrected chi connectivity index (χ0v) is 11.7. The highest BCUT2D eigenvalue weighted by molar-refractivity contribution is 6.30. The molecule has 108 valence electrons. The zero-order valence-electron chi connectivity index (χ0n) is 11.0. The highest BCUT2D eigenvalue weighted by atomic mass is 35.5. The minimum absolute atomic E-state index is 0.0233. The molecule has 0 fully saturated rings. The molecule has 2 aromatic heterocycles. The highest BCUT2D eigenvalue weighted by Crippen LogP contribution is 2.31. The van der Waals surface area contributed by atoms with Gasteiger partial charge in [-0.25, -0.2) is 9.78 Å². The number of H-pyrrole nitrogens is 2. The van der Waals surface area contributed by atoms with E-state index in [9.17, 15) is 14.9 Å². The van der Waals surface area contributed by atoms with Gasteiger partial charge in [-0.05, 0) is 17.7 Å². The third-order valence-corrected chi connectivity index (χ3v) is 3.41. The van der Waals surface area contributed by atoms with Crippen molar-refractivity contribution in [2.75, 3.05) is 5.73 Å². The fourth-order valence-electron chi connectivity index (χ4n) is 2.24. The average molecular weight is 314 g/mol. The number of hydrogen-bond acceptors (Lipinski definition) is 5. The van der Waals surface area contributed by atoms with Crippen LogP contribution in [0.5, 0.6) is 0 Å². The summed E-state index contributed by atoms with van der Waals surface area (Å²) >= 11 is 5.86. The molecule has 0 unspecified atom stereocenters. The fourth-order valence-corrected chi connectivity index (χ4v) is 2.36. The van der Waals surface area contributed by atoms with Crippen molar-refractivity contribution in [1.29, 1.82) is 5.26 Å². The number of rotatable bonds is 1. The van der Waals surface area contributed by atoms with Crippen LogP contribution in [0.4, 0.5) is 5.82 Å². The van der Waals surface area contributed by atoms with Crippen LogP contribution < -0.4 is 17.0 Å². The van der Waals surface area contributed by atoms with Crippen molar-refractivity contribution in [2.24, 2.45) is 0 Å². The molecular formula is C14H8ClN5O2. The van der Waals surface area contributed by atoms with Gasteiger partial charge in [0.05, 0.1) is 5.39 Å². The average Bonchev–Trinajstić information content (AvgIpc) is 2.46. The third kappa shape index (κ3) is 2.12. The molecule has 0 aliphatic heterocycles. The highest BCUT2D eigenvalue weighted by Gasteiger charge is 2.18. The second-order valence-corrected chi connectivity index (χ2v) is 4.93. The van der Waals surface area contributed by atoms with Crippen molar-refractivity contribution in [3.63, 3.8) is 0 Å². The summed E-state index contributed by atoms with van der Waals surface area (Å²) < 4.78 is 0. The van der Waals surface area contributed by atoms with Crippen LogP contribution in [0.15, 0.2) is 33.9 Å². The Morgan fingerprint density at radius 3 is 2.50 bits per heavy atom. The van der Waals surface area contributed by atoms with E-state index in [1.807, 2.05) is 6.07 Å². The van der Waals surface area contributed by atoms with Crippen LogP contribution in [0.1, 0.15) is 5.56 Å². The number of nitrogen functional groups attached to an aromatic ring is 1. The first kappa shape index (κ1) is 13.9. The normalized spacial score (nSPS) is 10.5. The first-order chi connectivity index (χ1) is 10.5. The summed E-state index contributed by atoms with van der Waals surface area (Å²) in [5.74, 6) is -0.0683. The summed E-state index contributed by atoms with van der Waals surface area (Å²) in [7, 11) is 0. The standard InChI is InChI=1S/C14H8ClN5O2/c15-7-3-1-6(2-4-7)9-8(5-16)11(17)18-12-10(9)13(21)20-14(22)19-12/h1-4H,(H4,17,18,19,20,21,22). The van der Waals surface area contributed by atoms with E-state index in [0.717, 1.165) is 0 Å². The molecule has 0 aliphatic carbocycles. The number of nitrogens with two attached hydrogens (primary N) is 1. The molecule has 0 bridgehead atoms. The van der Waals surface area contributed by atoms with E-state index >= 15 is 0 Å². The van der Waals surface area contributed by atoms with Gasteiger partial charge < -0.3 is 5.73 Å². The van der Waals surface area contributed by atoms with Gasteiger partial charge in [-0.3, -0.25) is 14.8 Å². The number of aromatic amines is 2. The monoisotopic (exact) mass is 313 g/mol. The fraction of sp³-hybridized carbons (Fsp3) is 0. The number of benzene rings is 1. The van der Waals surface area contributed by atoms with E-state index in [1.54, 1.807) is 24.3 Å². The number of hydrogen-bond donors (Lipinski definition) is 3. The molecule has 0 amide bonds. The van der Waals surface area contributed by atoms with E-state index in [1.165, 1.54) is 0 Å². The van der Waals surface area contributed by atoms with Crippen LogP contribution in [0.3, 0.4) is 0 Å². The lowest BCUT2D eigenvalue weighted by molar-refractivity contribution is 1.06. The van der Waals surface area contributed by atoms with E-state index in [2.05, 4.69) is 15.0 Å². The van der Waals surface area contributed by atoms with Crippen molar-refractivity contribution in [3.8, 4) is 17.2 Å². The second-order valence-electron chi connectivity index (χ2n) is 4.50. The van der Waals surface area contributed by atoms with Crippen LogP contribution in [-0.2, 0) is 0 Å². The summed E-state index contributed by atoms with van der Waals surface area (Å²) in [5.41, 5.74) is 5.39. The van der Waals surface area contributed by atoms with Crippen LogP contribution in [0.25, 0.3) is 22.2 Å². The van der Waals surface area contributed by atoms with Gasteiger partial charge in [-0.15, -0.1) is 0 Å². The molecule has 8 heteroatoms. The molecular weight excluding hydrogens is 306 g/mol. The van der Waals surface area contributed by atoms with Gasteiger partial charge in [0.25, 0.3) is 5.56 Å². The van der Waals surface area contributed by atoms with Gasteiger partial charge in [-0.2, -0.15) is 5.26 Å². The lowest BCUT2D eigenvalue weighted by Gasteiger charge is -2.10. The summed E-state index contributed by atoms with van der Waals surface area (Å²) in [6.07, 6.45) is 0. The largest absolute Gasteiger partial charge is 0.383 e. The van der Waals surface area contributed by atoms with Gasteiger partial charge in [-0.1, -0.05) is 23.7 Å². The molecule has 0 aliphatic rings. The molecule has 2 heterocycles. The van der Waals surface area contributed by atoms with Gasteiger partial charge in [0.2, 0.25) is 0 Å². The predicted molar refractivity (Wildman–Crippen MR) is 82.6 cm³/mol. The maximum atomic E-state index is 12.1. The number of aromatic nitrogens is 3. The number of nitriles is 1. The van der Waals surface area contributed by atoms with E-state index in [0.29, 0.717) is 16.1 Å². The van der Waals surface area contributed by atoms with E-state index in [-0.39, 0.29) is 22.4 Å². The second kappa shape index (κ2) is 5.02. The van der Waals surface area contributed by atoms with Crippen molar-refractivity contribution in [1.82, 2.24) is 15.0 Å². The Morgan fingerprint density at radius 1 is 1.18 bits per heavy atom. The maximum absolute atomic E-state index is 12.1. The molecule has 3 aromatic rings. The van der Waals surface area contributed by atoms with Crippen molar-refractivity contribution in [2.45, 2.75) is 0 Å². The number of halogens is 1. The van der Waals surface area contributed by atoms with Crippen LogP contribution in [-0.4, -0.2) is 15.0 Å². The molecule has 4 N–H and O–H groups in total. The van der Waals surface area contributed by atoms with Gasteiger partial charge >= 0.3 is 5.69 Å². The predicted octanol–water partition coefficient (Wildman–Crippen LogP) is 1.39. The third-order valence-electron chi connectivity index (χ3n) is 3.16. The topological polar surface area (TPSA) is 128 Å². The Balaban J connectivity index is 2.55. The maximum Gasteiger partial charge on any atom is 0.327 e. The molecule has 22 heavy (non-hydrogen) atoms. The van der Waals surface area contributed by atoms with Crippen LogP contribution >= 0.6 is 11.6 Å². The molecule has 1 aromatic carbocycles. The van der Waals surface area contributed by atoms with Crippen molar-refractivity contribution >= 4 is 28.5 Å². The molecule has 0 saturated carbocycles. The van der Waals surface area contributed by atoms with Crippen molar-refractivity contribution < 1.29 is 0 Å². The van der Waals surface area contributed by atoms with Gasteiger partial charge in [0.1, 0.15) is 23.1 Å². The summed E-state index contributed by atoms with van der Waals surface area (Å²) in [4.78, 5) is 32.0. The number of nitrogens with zero attached hydrogens (tertiary/aromatic N) is 2. The van der Waals surface area contributed by atoms with Gasteiger partial charge in [0, 0.05) is 10.6 Å². The van der Waals surface area contributed by atoms with Gasteiger partial charge in [0.15, 0.2) is 0 Å². The summed E-state index contributed by atoms with van der Waals surface area (Å²) in [5, 5.41) is 9.94. The first-order valence-corrected chi connectivity index (χ1v) is 6.51. The minimum atomic E-state index is -0.698. The smallest absolute Gasteiger partial charge is 0.327 e. The Morgan fingerprint density at radius 2 is 1.86 bits per heavy atom. The lowest BCUT2D eigenvalue weighted by Crippen LogP contribution is -2.23. The quantitative estimate of drug-likeness (QED) is 0.625. The SMILES string of the molecule is N#Cc1c(N)nc2[nH]c(=O)[nH]c(=O)c2c1-c1ccc(Cl)cc1. The van der Waals surface area contributed by atoms with Crippen LogP contribution in [0, 0.1) is 11.3 Å². The number of fused-ring (bicyclic) bond motifs is 1. The van der Waals surface area contributed by atoms with Crippen LogP contribution in [0.2, 0.25) is 5.02 Å². The Hall–Kier alpha value is -3.11. The zero-order chi connectivity index (χ0) is 15.9. The Labute approximate surface area is 128 Å². The number of anilines is 1. The molecule has 7 nitrogen and oxygen atoms in total. The molecule has 3 rings (SSSR count). The molecule has 0 radical (unpaired) electrons. The summed E-state index contributed by atoms with van der Waals surface area (Å²) in [6, 6.07) is 8.51. The Kier molecular flexibility index (Phi) is 3.16. The molecule has 0 saturated heterocycles. The molecule has 0 spiro atoms. The minimum Gasteiger partial charge on any atom is -0.383 e. The first-order valence-electron chi connectivity index (χ1n) is 6.13. The van der Waals surface area contributed by atoms with E-state index < -0.39 is 11.2 Å². The summed E-state index contributed by atoms with van der Waals surface area (Å²) in [6.45, 7) is 0. The lowest BCUT2D eigenvalue weighted by atomic mass is 9.98. The Bertz CT molecular complexity index is 1040. The number of nitrogens with one attached hydrogen (secondary N) is 2. The van der Waals surface area contributed by atoms with E-state index in [4.69, 9.17) is 17.3 Å².